The van der Waals surface area contributed by atoms with E-state index in [1.54, 1.807) is 0 Å². The molecule has 4 heteroatoms. The van der Waals surface area contributed by atoms with E-state index in [1.165, 1.54) is 21.5 Å². The summed E-state index contributed by atoms with van der Waals surface area (Å²) in [6, 6.07) is 44.5. The molecular formula is C36H21N3O. The summed E-state index contributed by atoms with van der Waals surface area (Å²) in [5.74, 6) is 0.825. The molecule has 0 fully saturated rings. The number of fused-ring (bicyclic) bond motifs is 8. The quantitative estimate of drug-likeness (QED) is 0.232. The second-order valence-electron chi connectivity index (χ2n) is 10.3. The van der Waals surface area contributed by atoms with E-state index in [1.807, 2.05) is 18.2 Å². The molecular weight excluding hydrogens is 490 g/mol. The predicted molar refractivity (Wildman–Crippen MR) is 164 cm³/mol. The van der Waals surface area contributed by atoms with Crippen molar-refractivity contribution in [3.05, 3.63) is 127 Å². The van der Waals surface area contributed by atoms with Crippen LogP contribution < -0.4 is 0 Å². The van der Waals surface area contributed by atoms with Gasteiger partial charge in [-0.25, -0.2) is 0 Å². The largest absolute Gasteiger partial charge is 0.456 e. The van der Waals surface area contributed by atoms with E-state index in [-0.39, 0.29) is 0 Å². The Labute approximate surface area is 228 Å². The minimum atomic E-state index is 0.825. The zero-order valence-electron chi connectivity index (χ0n) is 21.4. The SMILES string of the molecule is c1ccc2cc3c(cc2c1)c1ccccc1n3-c1nnc(-c2ccc3c(c2)oc2ccccc23)c2ccccc12. The first-order chi connectivity index (χ1) is 19.8. The summed E-state index contributed by atoms with van der Waals surface area (Å²) in [5.41, 5.74) is 5.80. The van der Waals surface area contributed by atoms with Crippen LogP contribution in [0, 0.1) is 0 Å². The molecule has 0 N–H and O–H groups in total. The van der Waals surface area contributed by atoms with Crippen molar-refractivity contribution in [2.45, 2.75) is 0 Å². The van der Waals surface area contributed by atoms with Gasteiger partial charge < -0.3 is 4.42 Å². The van der Waals surface area contributed by atoms with Crippen LogP contribution in [0.25, 0.3) is 82.4 Å². The summed E-state index contributed by atoms with van der Waals surface area (Å²) in [7, 11) is 0. The van der Waals surface area contributed by atoms with Gasteiger partial charge in [0.1, 0.15) is 16.9 Å². The third-order valence-corrected chi connectivity index (χ3v) is 8.07. The fourth-order valence-electron chi connectivity index (χ4n) is 6.22. The smallest absolute Gasteiger partial charge is 0.168 e. The number of aromatic nitrogens is 3. The molecule has 4 nitrogen and oxygen atoms in total. The van der Waals surface area contributed by atoms with Crippen LogP contribution in [0.15, 0.2) is 132 Å². The van der Waals surface area contributed by atoms with Gasteiger partial charge in [0.25, 0.3) is 0 Å². The van der Waals surface area contributed by atoms with Gasteiger partial charge in [-0.2, -0.15) is 0 Å². The van der Waals surface area contributed by atoms with Crippen LogP contribution in [0.1, 0.15) is 0 Å². The minimum absolute atomic E-state index is 0.825. The Morgan fingerprint density at radius 2 is 1.12 bits per heavy atom. The van der Waals surface area contributed by atoms with Crippen molar-refractivity contribution in [1.82, 2.24) is 14.8 Å². The highest BCUT2D eigenvalue weighted by molar-refractivity contribution is 6.14. The van der Waals surface area contributed by atoms with Crippen LogP contribution in [0.2, 0.25) is 0 Å². The molecule has 186 valence electrons. The molecule has 0 spiro atoms. The van der Waals surface area contributed by atoms with Crippen LogP contribution in [-0.4, -0.2) is 14.8 Å². The summed E-state index contributed by atoms with van der Waals surface area (Å²) >= 11 is 0. The third kappa shape index (κ3) is 2.96. The first kappa shape index (κ1) is 21.5. The second-order valence-corrected chi connectivity index (χ2v) is 10.3. The molecule has 3 aromatic heterocycles. The van der Waals surface area contributed by atoms with Gasteiger partial charge in [0.05, 0.1) is 11.0 Å². The molecule has 9 aromatic rings. The van der Waals surface area contributed by atoms with Gasteiger partial charge in [-0.3, -0.25) is 4.57 Å². The highest BCUT2D eigenvalue weighted by atomic mass is 16.3. The van der Waals surface area contributed by atoms with Gasteiger partial charge in [0.2, 0.25) is 0 Å². The Bertz CT molecular complexity index is 2450. The number of hydrogen-bond acceptors (Lipinski definition) is 3. The zero-order valence-corrected chi connectivity index (χ0v) is 21.4. The van der Waals surface area contributed by atoms with Crippen molar-refractivity contribution in [3.8, 4) is 17.1 Å². The average Bonchev–Trinajstić information content (AvgIpc) is 3.54. The molecule has 9 rings (SSSR count). The van der Waals surface area contributed by atoms with E-state index in [9.17, 15) is 0 Å². The van der Waals surface area contributed by atoms with Crippen LogP contribution in [0.5, 0.6) is 0 Å². The number of rotatable bonds is 2. The van der Waals surface area contributed by atoms with Gasteiger partial charge in [0, 0.05) is 37.9 Å². The Balaban J connectivity index is 1.33. The summed E-state index contributed by atoms with van der Waals surface area (Å²) in [6.07, 6.45) is 0. The highest BCUT2D eigenvalue weighted by Crippen LogP contribution is 2.38. The molecule has 0 radical (unpaired) electrons. The normalized spacial score (nSPS) is 12.0. The van der Waals surface area contributed by atoms with Crippen molar-refractivity contribution in [2.24, 2.45) is 0 Å². The van der Waals surface area contributed by atoms with Gasteiger partial charge in [-0.1, -0.05) is 91.0 Å². The second kappa shape index (κ2) is 8.01. The third-order valence-electron chi connectivity index (χ3n) is 8.07. The standard InChI is InChI=1S/C36H21N3O/c1-2-10-23-20-32-30(19-22(23)9-1)25-11-5-7-15-31(25)39(32)36-29-14-4-3-13-28(29)35(37-38-36)24-17-18-27-26-12-6-8-16-33(26)40-34(27)21-24/h1-21H. The lowest BCUT2D eigenvalue weighted by Crippen LogP contribution is -2.02. The van der Waals surface area contributed by atoms with Gasteiger partial charge in [-0.05, 0) is 47.2 Å². The Morgan fingerprint density at radius 1 is 0.450 bits per heavy atom. The van der Waals surface area contributed by atoms with E-state index in [4.69, 9.17) is 14.6 Å². The average molecular weight is 512 g/mol. The topological polar surface area (TPSA) is 43.9 Å². The van der Waals surface area contributed by atoms with Crippen molar-refractivity contribution in [1.29, 1.82) is 0 Å². The predicted octanol–water partition coefficient (Wildman–Crippen LogP) is 9.45. The Kier molecular flexibility index (Phi) is 4.30. The Morgan fingerprint density at radius 3 is 2.00 bits per heavy atom. The van der Waals surface area contributed by atoms with Crippen molar-refractivity contribution < 1.29 is 4.42 Å². The first-order valence-corrected chi connectivity index (χ1v) is 13.4. The molecule has 0 aliphatic carbocycles. The fourth-order valence-corrected chi connectivity index (χ4v) is 6.22. The molecule has 6 aromatic carbocycles. The minimum Gasteiger partial charge on any atom is -0.456 e. The Hall–Kier alpha value is -5.48. The highest BCUT2D eigenvalue weighted by Gasteiger charge is 2.19. The maximum absolute atomic E-state index is 6.19. The molecule has 0 saturated heterocycles. The number of para-hydroxylation sites is 2. The van der Waals surface area contributed by atoms with Gasteiger partial charge >= 0.3 is 0 Å². The monoisotopic (exact) mass is 511 g/mol. The molecule has 0 amide bonds. The lowest BCUT2D eigenvalue weighted by atomic mass is 10.0. The van der Waals surface area contributed by atoms with Crippen LogP contribution in [0.4, 0.5) is 0 Å². The van der Waals surface area contributed by atoms with E-state index < -0.39 is 0 Å². The van der Waals surface area contributed by atoms with Crippen LogP contribution >= 0.6 is 0 Å². The molecule has 0 saturated carbocycles. The summed E-state index contributed by atoms with van der Waals surface area (Å²) in [4.78, 5) is 0. The fraction of sp³-hybridized carbons (Fsp3) is 0. The summed E-state index contributed by atoms with van der Waals surface area (Å²) in [6.45, 7) is 0. The van der Waals surface area contributed by atoms with Crippen LogP contribution in [-0.2, 0) is 0 Å². The number of hydrogen-bond donors (Lipinski definition) is 0. The molecule has 0 bridgehead atoms. The van der Waals surface area contributed by atoms with E-state index in [0.29, 0.717) is 0 Å². The van der Waals surface area contributed by atoms with Crippen molar-refractivity contribution in [3.63, 3.8) is 0 Å². The van der Waals surface area contributed by atoms with Gasteiger partial charge in [0.15, 0.2) is 5.82 Å². The van der Waals surface area contributed by atoms with Gasteiger partial charge in [-0.15, -0.1) is 10.2 Å². The molecule has 0 aliphatic rings. The molecule has 40 heavy (non-hydrogen) atoms. The maximum atomic E-state index is 6.19. The van der Waals surface area contributed by atoms with E-state index in [2.05, 4.69) is 114 Å². The first-order valence-electron chi connectivity index (χ1n) is 13.4. The van der Waals surface area contributed by atoms with E-state index >= 15 is 0 Å². The van der Waals surface area contributed by atoms with Crippen molar-refractivity contribution >= 4 is 65.3 Å². The van der Waals surface area contributed by atoms with Crippen molar-refractivity contribution in [2.75, 3.05) is 0 Å². The molecule has 0 atom stereocenters. The maximum Gasteiger partial charge on any atom is 0.168 e. The summed E-state index contributed by atoms with van der Waals surface area (Å²) < 4.78 is 8.45. The number of nitrogens with zero attached hydrogens (tertiary/aromatic N) is 3. The number of benzene rings is 6. The zero-order chi connectivity index (χ0) is 26.2. The number of furan rings is 1. The molecule has 0 aliphatic heterocycles. The lowest BCUT2D eigenvalue weighted by molar-refractivity contribution is 0.669. The molecule has 3 heterocycles. The summed E-state index contributed by atoms with van der Waals surface area (Å²) in [5, 5.41) is 18.9. The van der Waals surface area contributed by atoms with E-state index in [0.717, 1.165) is 60.8 Å². The lowest BCUT2D eigenvalue weighted by Gasteiger charge is -2.12. The molecule has 0 unspecified atom stereocenters. The van der Waals surface area contributed by atoms with Crippen LogP contribution in [0.3, 0.4) is 0 Å².